The van der Waals surface area contributed by atoms with Gasteiger partial charge < -0.3 is 10.2 Å². The van der Waals surface area contributed by atoms with Gasteiger partial charge in [-0.15, -0.1) is 0 Å². The van der Waals surface area contributed by atoms with Crippen LogP contribution < -0.4 is 0 Å². The molecule has 0 aliphatic carbocycles. The molecule has 1 aromatic rings. The van der Waals surface area contributed by atoms with Crippen LogP contribution in [0.25, 0.3) is 5.57 Å². The smallest absolute Gasteiger partial charge is 0.278 e. The highest BCUT2D eigenvalue weighted by Crippen LogP contribution is 2.23. The molecule has 0 aliphatic rings. The first-order valence-corrected chi connectivity index (χ1v) is 7.42. The molecule has 1 aromatic carbocycles. The van der Waals surface area contributed by atoms with Gasteiger partial charge in [0.05, 0.1) is 0 Å². The van der Waals surface area contributed by atoms with Gasteiger partial charge in [0.2, 0.25) is 0 Å². The summed E-state index contributed by atoms with van der Waals surface area (Å²) in [6, 6.07) is 9.61. The average Bonchev–Trinajstić information content (AvgIpc) is 2.42. The highest BCUT2D eigenvalue weighted by atomic mass is 16.5. The molecule has 0 saturated heterocycles. The molecular weight excluding hydrogens is 236 g/mol. The first-order valence-electron chi connectivity index (χ1n) is 7.42. The summed E-state index contributed by atoms with van der Waals surface area (Å²) in [4.78, 5) is 0. The van der Waals surface area contributed by atoms with E-state index in [9.17, 15) is 10.2 Å². The summed E-state index contributed by atoms with van der Waals surface area (Å²) in [7, 11) is 0. The van der Waals surface area contributed by atoms with Crippen molar-refractivity contribution in [3.8, 4) is 0 Å². The zero-order chi connectivity index (χ0) is 13.9. The Hall–Kier alpha value is -1.44. The van der Waals surface area contributed by atoms with Crippen molar-refractivity contribution >= 4 is 5.57 Å². The van der Waals surface area contributed by atoms with Crippen molar-refractivity contribution in [2.45, 2.75) is 58.3 Å². The molecule has 0 aliphatic heterocycles. The molecule has 0 atom stereocenters. The monoisotopic (exact) mass is 262 g/mol. The van der Waals surface area contributed by atoms with Gasteiger partial charge in [0.25, 0.3) is 5.95 Å². The molecule has 0 bridgehead atoms. The van der Waals surface area contributed by atoms with Crippen molar-refractivity contribution in [2.24, 2.45) is 0 Å². The van der Waals surface area contributed by atoms with Crippen molar-refractivity contribution in [3.05, 3.63) is 41.8 Å². The van der Waals surface area contributed by atoms with Gasteiger partial charge in [-0.1, -0.05) is 75.8 Å². The van der Waals surface area contributed by atoms with Gasteiger partial charge in [-0.05, 0) is 18.4 Å². The van der Waals surface area contributed by atoms with E-state index in [-0.39, 0.29) is 0 Å². The van der Waals surface area contributed by atoms with Gasteiger partial charge in [-0.3, -0.25) is 0 Å². The topological polar surface area (TPSA) is 40.5 Å². The molecule has 0 fully saturated rings. The minimum absolute atomic E-state index is 0.530. The minimum atomic E-state index is -0.530. The summed E-state index contributed by atoms with van der Waals surface area (Å²) in [6.45, 7) is 2.22. The van der Waals surface area contributed by atoms with Crippen molar-refractivity contribution in [3.63, 3.8) is 0 Å². The van der Waals surface area contributed by atoms with E-state index in [4.69, 9.17) is 0 Å². The molecule has 2 heteroatoms. The van der Waals surface area contributed by atoms with Crippen LogP contribution in [0.4, 0.5) is 0 Å². The maximum Gasteiger partial charge on any atom is 0.278 e. The van der Waals surface area contributed by atoms with Crippen molar-refractivity contribution in [1.29, 1.82) is 0 Å². The van der Waals surface area contributed by atoms with Crippen LogP contribution in [-0.2, 0) is 0 Å². The Bertz CT molecular complexity index is 364. The predicted octanol–water partition coefficient (Wildman–Crippen LogP) is 5.61. The molecule has 0 amide bonds. The molecule has 2 N–H and O–H groups in total. The average molecular weight is 262 g/mol. The van der Waals surface area contributed by atoms with Crippen LogP contribution in [0.5, 0.6) is 0 Å². The Kier molecular flexibility index (Phi) is 7.80. The zero-order valence-corrected chi connectivity index (χ0v) is 11.9. The molecule has 0 saturated carbocycles. The number of hydrogen-bond donors (Lipinski definition) is 2. The lowest BCUT2D eigenvalue weighted by atomic mass is 9.99. The van der Waals surface area contributed by atoms with Crippen LogP contribution in [-0.4, -0.2) is 10.2 Å². The summed E-state index contributed by atoms with van der Waals surface area (Å²) >= 11 is 0. The molecule has 0 radical (unpaired) electrons. The lowest BCUT2D eigenvalue weighted by molar-refractivity contribution is 0.193. The number of aliphatic hydroxyl groups is 2. The van der Waals surface area contributed by atoms with Crippen LogP contribution in [0.1, 0.15) is 63.9 Å². The molecule has 106 valence electrons. The Labute approximate surface area is 116 Å². The third-order valence-electron chi connectivity index (χ3n) is 3.42. The highest BCUT2D eigenvalue weighted by Gasteiger charge is 2.07. The fraction of sp³-hybridized carbons (Fsp3) is 0.529. The lowest BCUT2D eigenvalue weighted by Gasteiger charge is -2.07. The number of allylic oxidation sites excluding steroid dienone is 1. The van der Waals surface area contributed by atoms with Crippen LogP contribution in [0.3, 0.4) is 0 Å². The van der Waals surface area contributed by atoms with E-state index >= 15 is 0 Å². The first kappa shape index (κ1) is 15.6. The van der Waals surface area contributed by atoms with Crippen molar-refractivity contribution in [1.82, 2.24) is 0 Å². The molecule has 0 spiro atoms. The molecule has 19 heavy (non-hydrogen) atoms. The molecule has 1 rings (SSSR count). The Morgan fingerprint density at radius 2 is 1.42 bits per heavy atom. The molecule has 0 unspecified atom stereocenters. The van der Waals surface area contributed by atoms with Crippen molar-refractivity contribution in [2.75, 3.05) is 0 Å². The van der Waals surface area contributed by atoms with Gasteiger partial charge in [0.15, 0.2) is 0 Å². The maximum absolute atomic E-state index is 9.37. The largest absolute Gasteiger partial charge is 0.481 e. The summed E-state index contributed by atoms with van der Waals surface area (Å²) in [5.74, 6) is -0.530. The second-order valence-electron chi connectivity index (χ2n) is 5.04. The van der Waals surface area contributed by atoms with E-state index in [2.05, 4.69) is 6.92 Å². The summed E-state index contributed by atoms with van der Waals surface area (Å²) in [5, 5.41) is 18.7. The normalized spacial score (nSPS) is 10.4. The lowest BCUT2D eigenvalue weighted by Crippen LogP contribution is -1.92. The number of aliphatic hydroxyl groups excluding tert-OH is 1. The second-order valence-corrected chi connectivity index (χ2v) is 5.04. The first-order chi connectivity index (χ1) is 9.25. The predicted molar refractivity (Wildman–Crippen MR) is 81.2 cm³/mol. The van der Waals surface area contributed by atoms with E-state index in [0.29, 0.717) is 5.57 Å². The van der Waals surface area contributed by atoms with E-state index in [1.807, 2.05) is 30.3 Å². The van der Waals surface area contributed by atoms with Gasteiger partial charge in [-0.2, -0.15) is 0 Å². The minimum Gasteiger partial charge on any atom is -0.481 e. The van der Waals surface area contributed by atoms with E-state index in [1.165, 1.54) is 32.1 Å². The quantitative estimate of drug-likeness (QED) is 0.448. The maximum atomic E-state index is 9.37. The fourth-order valence-corrected chi connectivity index (χ4v) is 2.28. The number of rotatable bonds is 9. The molecule has 0 aromatic heterocycles. The Morgan fingerprint density at radius 1 is 0.842 bits per heavy atom. The summed E-state index contributed by atoms with van der Waals surface area (Å²) < 4.78 is 0. The third-order valence-corrected chi connectivity index (χ3v) is 3.42. The molecular formula is C17H26O2. The van der Waals surface area contributed by atoms with Crippen LogP contribution in [0, 0.1) is 0 Å². The van der Waals surface area contributed by atoms with Crippen LogP contribution in [0.15, 0.2) is 36.3 Å². The van der Waals surface area contributed by atoms with Gasteiger partial charge in [-0.25, -0.2) is 0 Å². The summed E-state index contributed by atoms with van der Waals surface area (Å²) in [5.41, 5.74) is 1.57. The Morgan fingerprint density at radius 3 is 2.00 bits per heavy atom. The van der Waals surface area contributed by atoms with E-state index in [1.54, 1.807) is 0 Å². The van der Waals surface area contributed by atoms with Gasteiger partial charge in [0, 0.05) is 5.57 Å². The number of unbranched alkanes of at least 4 members (excludes halogenated alkanes) is 6. The summed E-state index contributed by atoms with van der Waals surface area (Å²) in [6.07, 6.45) is 9.38. The number of hydrogen-bond acceptors (Lipinski definition) is 2. The third kappa shape index (κ3) is 6.32. The van der Waals surface area contributed by atoms with Crippen molar-refractivity contribution < 1.29 is 10.2 Å². The van der Waals surface area contributed by atoms with E-state index in [0.717, 1.165) is 24.8 Å². The zero-order valence-electron chi connectivity index (χ0n) is 11.9. The van der Waals surface area contributed by atoms with Gasteiger partial charge >= 0.3 is 0 Å². The molecule has 0 heterocycles. The Balaban J connectivity index is 2.31. The van der Waals surface area contributed by atoms with Gasteiger partial charge in [0.1, 0.15) is 0 Å². The fourth-order valence-electron chi connectivity index (χ4n) is 2.28. The molecule has 2 nitrogen and oxygen atoms in total. The second kappa shape index (κ2) is 9.48. The standard InChI is InChI=1S/C17H26O2/c1-2-3-4-5-6-7-11-14-16(17(18)19)15-12-9-8-10-13-15/h8-10,12-13,18-19H,2-7,11,14H2,1H3. The number of benzene rings is 1. The van der Waals surface area contributed by atoms with Crippen LogP contribution >= 0.6 is 0 Å². The van der Waals surface area contributed by atoms with Crippen LogP contribution in [0.2, 0.25) is 0 Å². The van der Waals surface area contributed by atoms with E-state index < -0.39 is 5.95 Å². The SMILES string of the molecule is CCCCCCCCCC(=C(O)O)c1ccccc1. The highest BCUT2D eigenvalue weighted by molar-refractivity contribution is 5.65.